The quantitative estimate of drug-likeness (QED) is 0.720. The van der Waals surface area contributed by atoms with Gasteiger partial charge in [0.05, 0.1) is 18.1 Å². The molecule has 3 heterocycles. The van der Waals surface area contributed by atoms with Gasteiger partial charge in [0.25, 0.3) is 0 Å². The van der Waals surface area contributed by atoms with E-state index in [0.29, 0.717) is 10.3 Å². The van der Waals surface area contributed by atoms with Gasteiger partial charge >= 0.3 is 0 Å². The second kappa shape index (κ2) is 9.09. The van der Waals surface area contributed by atoms with Gasteiger partial charge in [-0.15, -0.1) is 0 Å². The van der Waals surface area contributed by atoms with Crippen molar-refractivity contribution in [3.8, 4) is 0 Å². The maximum atomic E-state index is 12.6. The minimum absolute atomic E-state index is 0.0584. The van der Waals surface area contributed by atoms with Crippen molar-refractivity contribution in [1.82, 2.24) is 14.6 Å². The Kier molecular flexibility index (Phi) is 6.20. The lowest BCUT2D eigenvalue weighted by atomic mass is 9.60. The standard InChI is InChI=1S/C24H32N4O3S/c29-32(30,22-4-2-1-3-5-22)26-21-17-24(18-21)7-10-27(11-8-24)19-20-6-9-25-23(16-20)28-12-14-31-15-13-28/h1-6,9,16,21,26H,7-8,10-15,17-19H2. The largest absolute Gasteiger partial charge is 0.378 e. The zero-order valence-corrected chi connectivity index (χ0v) is 19.3. The van der Waals surface area contributed by atoms with Crippen molar-refractivity contribution in [2.75, 3.05) is 44.3 Å². The number of hydrogen-bond donors (Lipinski definition) is 1. The Morgan fingerprint density at radius 2 is 1.75 bits per heavy atom. The van der Waals surface area contributed by atoms with Gasteiger partial charge in [-0.3, -0.25) is 4.90 Å². The van der Waals surface area contributed by atoms with Crippen LogP contribution in [0.3, 0.4) is 0 Å². The van der Waals surface area contributed by atoms with Gasteiger partial charge in [0, 0.05) is 31.9 Å². The average molecular weight is 457 g/mol. The molecule has 5 rings (SSSR count). The molecule has 2 saturated heterocycles. The zero-order valence-electron chi connectivity index (χ0n) is 18.4. The third-order valence-corrected chi connectivity index (χ3v) is 8.74. The SMILES string of the molecule is O=S(=O)(NC1CC2(CCN(Cc3ccnc(N4CCOCC4)c3)CC2)C1)c1ccccc1. The van der Waals surface area contributed by atoms with Gasteiger partial charge in [-0.25, -0.2) is 18.1 Å². The van der Waals surface area contributed by atoms with Crippen LogP contribution in [0.5, 0.6) is 0 Å². The van der Waals surface area contributed by atoms with Gasteiger partial charge in [0.1, 0.15) is 5.82 Å². The Bertz CT molecular complexity index is 1010. The average Bonchev–Trinajstić information content (AvgIpc) is 2.81. The number of hydrogen-bond acceptors (Lipinski definition) is 6. The third-order valence-electron chi connectivity index (χ3n) is 7.20. The van der Waals surface area contributed by atoms with Crippen molar-refractivity contribution < 1.29 is 13.2 Å². The third kappa shape index (κ3) is 4.83. The number of nitrogens with one attached hydrogen (secondary N) is 1. The van der Waals surface area contributed by atoms with Crippen LogP contribution in [0.2, 0.25) is 0 Å². The summed E-state index contributed by atoms with van der Waals surface area (Å²) in [4.78, 5) is 9.72. The first kappa shape index (κ1) is 21.8. The first-order valence-corrected chi connectivity index (χ1v) is 13.1. The second-order valence-electron chi connectivity index (χ2n) is 9.44. The zero-order chi connectivity index (χ0) is 22.0. The van der Waals surface area contributed by atoms with Crippen molar-refractivity contribution in [2.45, 2.75) is 43.2 Å². The minimum atomic E-state index is -3.42. The number of anilines is 1. The first-order chi connectivity index (χ1) is 15.5. The van der Waals surface area contributed by atoms with E-state index in [1.54, 1.807) is 24.3 Å². The molecule has 2 aliphatic heterocycles. The van der Waals surface area contributed by atoms with Crippen LogP contribution in [-0.2, 0) is 21.3 Å². The van der Waals surface area contributed by atoms with E-state index in [9.17, 15) is 8.42 Å². The van der Waals surface area contributed by atoms with E-state index in [0.717, 1.165) is 77.4 Å². The second-order valence-corrected chi connectivity index (χ2v) is 11.2. The van der Waals surface area contributed by atoms with E-state index in [1.807, 2.05) is 12.3 Å². The number of aromatic nitrogens is 1. The molecule has 1 aromatic carbocycles. The van der Waals surface area contributed by atoms with Crippen molar-refractivity contribution in [3.05, 3.63) is 54.2 Å². The lowest BCUT2D eigenvalue weighted by Crippen LogP contribution is -2.54. The first-order valence-electron chi connectivity index (χ1n) is 11.6. The Morgan fingerprint density at radius 3 is 2.47 bits per heavy atom. The highest BCUT2D eigenvalue weighted by Gasteiger charge is 2.46. The Balaban J connectivity index is 1.11. The lowest BCUT2D eigenvalue weighted by molar-refractivity contribution is 0.0106. The number of sulfonamides is 1. The number of benzene rings is 1. The van der Waals surface area contributed by atoms with E-state index in [4.69, 9.17) is 4.74 Å². The molecule has 0 atom stereocenters. The van der Waals surface area contributed by atoms with Gasteiger partial charge in [0.2, 0.25) is 10.0 Å². The predicted molar refractivity (Wildman–Crippen MR) is 124 cm³/mol. The molecule has 1 N–H and O–H groups in total. The number of likely N-dealkylation sites (tertiary alicyclic amines) is 1. The number of morpholine rings is 1. The maximum Gasteiger partial charge on any atom is 0.240 e. The fourth-order valence-electron chi connectivity index (χ4n) is 5.33. The topological polar surface area (TPSA) is 74.8 Å². The van der Waals surface area contributed by atoms with Gasteiger partial charge in [0.15, 0.2) is 0 Å². The number of pyridine rings is 1. The van der Waals surface area contributed by atoms with E-state index in [2.05, 4.69) is 31.6 Å². The van der Waals surface area contributed by atoms with Crippen LogP contribution in [0, 0.1) is 5.41 Å². The van der Waals surface area contributed by atoms with Crippen molar-refractivity contribution in [2.24, 2.45) is 5.41 Å². The number of ether oxygens (including phenoxy) is 1. The normalized spacial score (nSPS) is 22.1. The molecule has 0 radical (unpaired) electrons. The fourth-order valence-corrected chi connectivity index (χ4v) is 6.59. The number of rotatable bonds is 6. The molecule has 3 aliphatic rings. The van der Waals surface area contributed by atoms with Gasteiger partial charge in [-0.05, 0) is 74.0 Å². The minimum Gasteiger partial charge on any atom is -0.378 e. The summed E-state index contributed by atoms with van der Waals surface area (Å²) in [7, 11) is -3.42. The summed E-state index contributed by atoms with van der Waals surface area (Å²) in [5, 5.41) is 0. The van der Waals surface area contributed by atoms with Crippen molar-refractivity contribution in [1.29, 1.82) is 0 Å². The monoisotopic (exact) mass is 456 g/mol. The van der Waals surface area contributed by atoms with Crippen LogP contribution < -0.4 is 9.62 Å². The molecule has 0 bridgehead atoms. The molecule has 8 heteroatoms. The molecule has 7 nitrogen and oxygen atoms in total. The molecule has 2 aromatic rings. The Labute approximate surface area is 190 Å². The molecule has 1 aromatic heterocycles. The van der Waals surface area contributed by atoms with Crippen LogP contribution in [0.4, 0.5) is 5.82 Å². The molecule has 32 heavy (non-hydrogen) atoms. The molecule has 0 unspecified atom stereocenters. The summed E-state index contributed by atoms with van der Waals surface area (Å²) in [6.07, 6.45) is 6.09. The van der Waals surface area contributed by atoms with Crippen LogP contribution >= 0.6 is 0 Å². The molecule has 1 spiro atoms. The van der Waals surface area contributed by atoms with Gasteiger partial charge < -0.3 is 9.64 Å². The molecule has 3 fully saturated rings. The Morgan fingerprint density at radius 1 is 1.03 bits per heavy atom. The summed E-state index contributed by atoms with van der Waals surface area (Å²) in [5.74, 6) is 1.05. The highest BCUT2D eigenvalue weighted by Crippen LogP contribution is 2.49. The summed E-state index contributed by atoms with van der Waals surface area (Å²) >= 11 is 0. The summed E-state index contributed by atoms with van der Waals surface area (Å²) in [5.41, 5.74) is 1.61. The maximum absolute atomic E-state index is 12.6. The highest BCUT2D eigenvalue weighted by atomic mass is 32.2. The molecular weight excluding hydrogens is 424 g/mol. The van der Waals surface area contributed by atoms with E-state index in [1.165, 1.54) is 5.56 Å². The molecule has 1 aliphatic carbocycles. The summed E-state index contributed by atoms with van der Waals surface area (Å²) < 4.78 is 33.5. The fraction of sp³-hybridized carbons (Fsp3) is 0.542. The molecule has 1 saturated carbocycles. The number of nitrogens with zero attached hydrogens (tertiary/aromatic N) is 3. The smallest absolute Gasteiger partial charge is 0.240 e. The van der Waals surface area contributed by atoms with Gasteiger partial charge in [-0.1, -0.05) is 18.2 Å². The van der Waals surface area contributed by atoms with Crippen molar-refractivity contribution >= 4 is 15.8 Å². The van der Waals surface area contributed by atoms with E-state index >= 15 is 0 Å². The number of piperidine rings is 1. The molecule has 172 valence electrons. The summed E-state index contributed by atoms with van der Waals surface area (Å²) in [6.45, 7) is 6.40. The molecular formula is C24H32N4O3S. The van der Waals surface area contributed by atoms with Crippen LogP contribution in [-0.4, -0.2) is 63.7 Å². The van der Waals surface area contributed by atoms with Crippen LogP contribution in [0.15, 0.2) is 53.6 Å². The lowest BCUT2D eigenvalue weighted by Gasteiger charge is -2.52. The molecule has 0 amide bonds. The van der Waals surface area contributed by atoms with E-state index in [-0.39, 0.29) is 6.04 Å². The van der Waals surface area contributed by atoms with Crippen LogP contribution in [0.1, 0.15) is 31.2 Å². The highest BCUT2D eigenvalue weighted by molar-refractivity contribution is 7.89. The van der Waals surface area contributed by atoms with Crippen molar-refractivity contribution in [3.63, 3.8) is 0 Å². The predicted octanol–water partition coefficient (Wildman–Crippen LogP) is 2.64. The van der Waals surface area contributed by atoms with Gasteiger partial charge in [-0.2, -0.15) is 0 Å². The Hall–Kier alpha value is -2.00. The summed E-state index contributed by atoms with van der Waals surface area (Å²) in [6, 6.07) is 13.1. The van der Waals surface area contributed by atoms with Crippen LogP contribution in [0.25, 0.3) is 0 Å². The van der Waals surface area contributed by atoms with E-state index < -0.39 is 10.0 Å².